The molecule has 1 saturated heterocycles. The number of anilines is 3. The van der Waals surface area contributed by atoms with Crippen LogP contribution < -0.4 is 16.0 Å². The van der Waals surface area contributed by atoms with Crippen LogP contribution >= 0.6 is 0 Å². The fraction of sp³-hybridized carbons (Fsp3) is 0.583. The van der Waals surface area contributed by atoms with Crippen LogP contribution in [0.5, 0.6) is 0 Å². The number of nitrogens with two attached hydrogens (primary N) is 1. The average molecular weight is 454 g/mol. The van der Waals surface area contributed by atoms with Crippen molar-refractivity contribution in [1.29, 1.82) is 0 Å². The number of piperidine rings is 1. The molecule has 178 valence electrons. The smallest absolute Gasteiger partial charge is 0.243 e. The molecule has 1 aliphatic rings. The minimum absolute atomic E-state index is 0.265. The lowest BCUT2D eigenvalue weighted by Gasteiger charge is -2.36. The summed E-state index contributed by atoms with van der Waals surface area (Å²) in [4.78, 5) is 18.2. The number of nitrogens with one attached hydrogen (secondary N) is 1. The number of hydrogen-bond acceptors (Lipinski definition) is 8. The molecule has 0 saturated carbocycles. The van der Waals surface area contributed by atoms with E-state index >= 15 is 0 Å². The quantitative estimate of drug-likeness (QED) is 0.537. The lowest BCUT2D eigenvalue weighted by molar-refractivity contribution is 0.249. The summed E-state index contributed by atoms with van der Waals surface area (Å²) in [5.74, 6) is 1.63. The Morgan fingerprint density at radius 3 is 2.73 bits per heavy atom. The normalized spacial score (nSPS) is 17.0. The summed E-state index contributed by atoms with van der Waals surface area (Å²) in [6.07, 6.45) is 8.14. The Hall–Kier alpha value is -2.94. The van der Waals surface area contributed by atoms with Gasteiger partial charge in [0.1, 0.15) is 5.82 Å². The van der Waals surface area contributed by atoms with E-state index in [0.29, 0.717) is 30.5 Å². The Morgan fingerprint density at radius 2 is 2.06 bits per heavy atom. The summed E-state index contributed by atoms with van der Waals surface area (Å²) in [6, 6.07) is 2.46. The zero-order chi connectivity index (χ0) is 25.1. The Balaban J connectivity index is 1.52. The number of fused-ring (bicyclic) bond motifs is 1. The van der Waals surface area contributed by atoms with Gasteiger partial charge in [0.15, 0.2) is 11.5 Å². The van der Waals surface area contributed by atoms with Crippen molar-refractivity contribution in [2.24, 2.45) is 0 Å². The van der Waals surface area contributed by atoms with E-state index in [-0.39, 0.29) is 11.9 Å². The fourth-order valence-corrected chi connectivity index (χ4v) is 4.54. The molecule has 0 aliphatic carbocycles. The maximum absolute atomic E-state index is 7.79. The van der Waals surface area contributed by atoms with E-state index in [0.717, 1.165) is 55.0 Å². The van der Waals surface area contributed by atoms with Crippen molar-refractivity contribution in [3.8, 4) is 0 Å². The number of pyridine rings is 1. The van der Waals surface area contributed by atoms with Gasteiger partial charge >= 0.3 is 0 Å². The van der Waals surface area contributed by atoms with Crippen LogP contribution in [0, 0.1) is 6.92 Å². The van der Waals surface area contributed by atoms with Gasteiger partial charge in [-0.15, -0.1) is 5.10 Å². The maximum atomic E-state index is 7.79. The van der Waals surface area contributed by atoms with Crippen LogP contribution in [0.15, 0.2) is 18.5 Å². The molecule has 0 radical (unpaired) electrons. The molecule has 9 heteroatoms. The van der Waals surface area contributed by atoms with Crippen LogP contribution in [0.3, 0.4) is 0 Å². The van der Waals surface area contributed by atoms with Crippen molar-refractivity contribution in [1.82, 2.24) is 29.5 Å². The maximum Gasteiger partial charge on any atom is 0.243 e. The van der Waals surface area contributed by atoms with Crippen LogP contribution in [-0.2, 0) is 6.42 Å². The zero-order valence-corrected chi connectivity index (χ0v) is 20.1. The second-order valence-electron chi connectivity index (χ2n) is 9.19. The number of hydrogen-bond donors (Lipinski definition) is 2. The molecule has 0 unspecified atom stereocenters. The van der Waals surface area contributed by atoms with Gasteiger partial charge in [-0.05, 0) is 58.3 Å². The van der Waals surface area contributed by atoms with Gasteiger partial charge in [0.2, 0.25) is 5.95 Å². The van der Waals surface area contributed by atoms with Crippen molar-refractivity contribution in [3.63, 3.8) is 0 Å². The number of imidazole rings is 1. The molecule has 1 aliphatic heterocycles. The second kappa shape index (κ2) is 9.91. The van der Waals surface area contributed by atoms with Gasteiger partial charge in [-0.25, -0.2) is 14.5 Å². The number of nitrogen functional groups attached to an aromatic ring is 1. The van der Waals surface area contributed by atoms with Gasteiger partial charge in [-0.1, -0.05) is 19.4 Å². The summed E-state index contributed by atoms with van der Waals surface area (Å²) in [7, 11) is 4.31. The minimum atomic E-state index is -1.03. The Kier molecular flexibility index (Phi) is 6.20. The summed E-state index contributed by atoms with van der Waals surface area (Å²) >= 11 is 0. The zero-order valence-electron chi connectivity index (χ0n) is 22.1. The molecule has 1 atom stereocenters. The van der Waals surface area contributed by atoms with E-state index in [9.17, 15) is 0 Å². The van der Waals surface area contributed by atoms with E-state index in [1.807, 2.05) is 13.1 Å². The molecule has 0 amide bonds. The highest BCUT2D eigenvalue weighted by atomic mass is 15.3. The van der Waals surface area contributed by atoms with E-state index in [1.54, 1.807) is 10.7 Å². The summed E-state index contributed by atoms with van der Waals surface area (Å²) in [5, 5.41) is 7.69. The van der Waals surface area contributed by atoms with E-state index in [2.05, 4.69) is 57.3 Å². The van der Waals surface area contributed by atoms with Gasteiger partial charge in [0.05, 0.1) is 11.9 Å². The Labute approximate surface area is 199 Å². The van der Waals surface area contributed by atoms with Crippen molar-refractivity contribution in [3.05, 3.63) is 35.3 Å². The standard InChI is InChI=1S/C24H37N9/c1-6-7-17(3)28-24-29-21(25)23-27-15-20(33(23)30-24)13-18-12-16(2)22(26-14-18)32-10-8-19(9-11-32)31(4)5/h12,14-15,17,19H,6-11,13H2,1-5H3,(H3,25,28,29,30)/t17-/m0/s1/i3D2. The minimum Gasteiger partial charge on any atom is -0.380 e. The van der Waals surface area contributed by atoms with E-state index in [1.165, 1.54) is 0 Å². The number of rotatable bonds is 8. The predicted molar refractivity (Wildman–Crippen MR) is 134 cm³/mol. The first-order chi connectivity index (χ1) is 16.8. The highest BCUT2D eigenvalue weighted by Gasteiger charge is 2.22. The molecule has 4 rings (SSSR count). The molecule has 33 heavy (non-hydrogen) atoms. The molecule has 9 nitrogen and oxygen atoms in total. The topological polar surface area (TPSA) is 100 Å². The van der Waals surface area contributed by atoms with Crippen LogP contribution in [-0.4, -0.2) is 68.7 Å². The predicted octanol–water partition coefficient (Wildman–Crippen LogP) is 3.13. The molecule has 0 bridgehead atoms. The summed E-state index contributed by atoms with van der Waals surface area (Å²) in [6.45, 7) is 5.15. The molecular formula is C24H37N9. The van der Waals surface area contributed by atoms with Crippen LogP contribution in [0.1, 0.15) is 59.0 Å². The summed E-state index contributed by atoms with van der Waals surface area (Å²) in [5.41, 5.74) is 9.76. The van der Waals surface area contributed by atoms with Crippen molar-refractivity contribution in [2.75, 3.05) is 43.1 Å². The SMILES string of the molecule is [2H]C([2H])[C@@H](CCC)Nc1nc(N)c2ncc(Cc3cnc(N4CCC(N(C)C)CC4)c(C)c3)n2n1. The highest BCUT2D eigenvalue weighted by molar-refractivity contribution is 5.61. The number of nitrogens with zero attached hydrogens (tertiary/aromatic N) is 7. The highest BCUT2D eigenvalue weighted by Crippen LogP contribution is 2.25. The van der Waals surface area contributed by atoms with E-state index in [4.69, 9.17) is 13.5 Å². The Morgan fingerprint density at radius 1 is 1.27 bits per heavy atom. The average Bonchev–Trinajstić information content (AvgIpc) is 3.22. The second-order valence-corrected chi connectivity index (χ2v) is 9.19. The monoisotopic (exact) mass is 453 g/mol. The third kappa shape index (κ3) is 5.19. The van der Waals surface area contributed by atoms with Gasteiger partial charge in [0.25, 0.3) is 0 Å². The third-order valence-corrected chi connectivity index (χ3v) is 6.36. The summed E-state index contributed by atoms with van der Waals surface area (Å²) < 4.78 is 17.3. The fourth-order valence-electron chi connectivity index (χ4n) is 4.54. The molecular weight excluding hydrogens is 414 g/mol. The number of aromatic nitrogens is 5. The molecule has 3 aromatic heterocycles. The first-order valence-electron chi connectivity index (χ1n) is 12.9. The first kappa shape index (κ1) is 20.7. The lowest BCUT2D eigenvalue weighted by Crippen LogP contribution is -2.42. The van der Waals surface area contributed by atoms with Crippen LogP contribution in [0.4, 0.5) is 17.6 Å². The molecule has 1 fully saturated rings. The largest absolute Gasteiger partial charge is 0.380 e. The van der Waals surface area contributed by atoms with Crippen LogP contribution in [0.25, 0.3) is 5.65 Å². The molecule has 3 aromatic rings. The van der Waals surface area contributed by atoms with Gasteiger partial charge in [0, 0.05) is 40.5 Å². The van der Waals surface area contributed by atoms with Crippen LogP contribution in [0.2, 0.25) is 0 Å². The van der Waals surface area contributed by atoms with E-state index < -0.39 is 6.88 Å². The molecule has 4 heterocycles. The Bertz CT molecular complexity index is 1140. The lowest BCUT2D eigenvalue weighted by atomic mass is 10.0. The number of aryl methyl sites for hydroxylation is 1. The first-order valence-corrected chi connectivity index (χ1v) is 11.7. The molecule has 3 N–H and O–H groups in total. The van der Waals surface area contributed by atoms with Crippen molar-refractivity contribution in [2.45, 2.75) is 64.9 Å². The third-order valence-electron chi connectivity index (χ3n) is 6.36. The van der Waals surface area contributed by atoms with Gasteiger partial charge in [-0.3, -0.25) is 0 Å². The molecule has 0 aromatic carbocycles. The molecule has 0 spiro atoms. The van der Waals surface area contributed by atoms with Crippen molar-refractivity contribution < 1.29 is 2.74 Å². The van der Waals surface area contributed by atoms with Gasteiger partial charge in [-0.2, -0.15) is 4.98 Å². The van der Waals surface area contributed by atoms with Crippen molar-refractivity contribution >= 4 is 23.2 Å². The van der Waals surface area contributed by atoms with Gasteiger partial charge < -0.3 is 20.9 Å².